The Morgan fingerprint density at radius 1 is 1.44 bits per heavy atom. The van der Waals surface area contributed by atoms with Gasteiger partial charge in [0.25, 0.3) is 5.91 Å². The maximum Gasteiger partial charge on any atom is 0.256 e. The molecule has 0 spiro atoms. The Labute approximate surface area is 96.0 Å². The van der Waals surface area contributed by atoms with Gasteiger partial charge in [-0.05, 0) is 18.9 Å². The minimum atomic E-state index is -0.147. The number of aromatic nitrogens is 1. The minimum Gasteiger partial charge on any atom is -0.496 e. The van der Waals surface area contributed by atoms with Crippen molar-refractivity contribution in [2.75, 3.05) is 7.11 Å². The van der Waals surface area contributed by atoms with Gasteiger partial charge in [-0.2, -0.15) is 0 Å². The summed E-state index contributed by atoms with van der Waals surface area (Å²) in [6.07, 6.45) is 3.11. The molecule has 1 aromatic rings. The number of carbonyl (C=O) groups excluding carboxylic acids is 1. The van der Waals surface area contributed by atoms with Gasteiger partial charge in [-0.25, -0.2) is 0 Å². The van der Waals surface area contributed by atoms with E-state index >= 15 is 0 Å². The SMILES string of the molecule is COc1ccncc1C(=O)N[C@H](C)C(C)C. The van der Waals surface area contributed by atoms with Crippen molar-refractivity contribution in [3.8, 4) is 5.75 Å². The summed E-state index contributed by atoms with van der Waals surface area (Å²) in [6, 6.07) is 1.80. The van der Waals surface area contributed by atoms with Crippen LogP contribution in [0.4, 0.5) is 0 Å². The van der Waals surface area contributed by atoms with E-state index in [2.05, 4.69) is 24.1 Å². The molecule has 0 fully saturated rings. The molecular weight excluding hydrogens is 204 g/mol. The lowest BCUT2D eigenvalue weighted by Gasteiger charge is -2.18. The van der Waals surface area contributed by atoms with Gasteiger partial charge in [-0.15, -0.1) is 0 Å². The molecule has 0 aliphatic rings. The van der Waals surface area contributed by atoms with E-state index in [1.54, 1.807) is 12.3 Å². The second-order valence-corrected chi connectivity index (χ2v) is 4.08. The molecule has 0 aliphatic carbocycles. The second kappa shape index (κ2) is 5.49. The first-order valence-electron chi connectivity index (χ1n) is 5.35. The molecule has 4 heteroatoms. The first kappa shape index (κ1) is 12.5. The fourth-order valence-corrected chi connectivity index (χ4v) is 1.18. The van der Waals surface area contributed by atoms with E-state index in [4.69, 9.17) is 4.74 Å². The van der Waals surface area contributed by atoms with Gasteiger partial charge >= 0.3 is 0 Å². The van der Waals surface area contributed by atoms with Crippen molar-refractivity contribution >= 4 is 5.91 Å². The van der Waals surface area contributed by atoms with Crippen LogP contribution in [-0.2, 0) is 0 Å². The minimum absolute atomic E-state index is 0.123. The van der Waals surface area contributed by atoms with Gasteiger partial charge in [0, 0.05) is 18.4 Å². The van der Waals surface area contributed by atoms with Crippen LogP contribution in [0.3, 0.4) is 0 Å². The molecule has 16 heavy (non-hydrogen) atoms. The predicted molar refractivity (Wildman–Crippen MR) is 62.6 cm³/mol. The molecule has 88 valence electrons. The van der Waals surface area contributed by atoms with Gasteiger partial charge in [0.1, 0.15) is 5.75 Å². The molecule has 0 aliphatic heterocycles. The van der Waals surface area contributed by atoms with E-state index in [-0.39, 0.29) is 11.9 Å². The number of ether oxygens (including phenoxy) is 1. The van der Waals surface area contributed by atoms with Gasteiger partial charge < -0.3 is 10.1 Å². The van der Waals surface area contributed by atoms with E-state index in [1.165, 1.54) is 13.3 Å². The van der Waals surface area contributed by atoms with Gasteiger partial charge in [-0.3, -0.25) is 9.78 Å². The predicted octanol–water partition coefficient (Wildman–Crippen LogP) is 1.86. The quantitative estimate of drug-likeness (QED) is 0.846. The molecule has 0 bridgehead atoms. The maximum atomic E-state index is 11.9. The van der Waals surface area contributed by atoms with Crippen molar-refractivity contribution in [1.29, 1.82) is 0 Å². The van der Waals surface area contributed by atoms with Crippen molar-refractivity contribution in [1.82, 2.24) is 10.3 Å². The van der Waals surface area contributed by atoms with Crippen molar-refractivity contribution in [2.24, 2.45) is 5.92 Å². The summed E-state index contributed by atoms with van der Waals surface area (Å²) < 4.78 is 5.11. The van der Waals surface area contributed by atoms with Gasteiger partial charge in [-0.1, -0.05) is 13.8 Å². The number of rotatable bonds is 4. The highest BCUT2D eigenvalue weighted by molar-refractivity contribution is 5.96. The standard InChI is InChI=1S/C12H18N2O2/c1-8(2)9(3)14-12(15)10-7-13-6-5-11(10)16-4/h5-9H,1-4H3,(H,14,15)/t9-/m1/s1. The van der Waals surface area contributed by atoms with E-state index in [1.807, 2.05) is 6.92 Å². The van der Waals surface area contributed by atoms with Gasteiger partial charge in [0.15, 0.2) is 0 Å². The summed E-state index contributed by atoms with van der Waals surface area (Å²) in [7, 11) is 1.54. The normalized spacial score (nSPS) is 12.3. The average molecular weight is 222 g/mol. The highest BCUT2D eigenvalue weighted by atomic mass is 16.5. The molecule has 1 rings (SSSR count). The molecular formula is C12H18N2O2. The van der Waals surface area contributed by atoms with Crippen molar-refractivity contribution < 1.29 is 9.53 Å². The summed E-state index contributed by atoms with van der Waals surface area (Å²) >= 11 is 0. The number of hydrogen-bond donors (Lipinski definition) is 1. The topological polar surface area (TPSA) is 51.2 Å². The smallest absolute Gasteiger partial charge is 0.256 e. The number of nitrogens with one attached hydrogen (secondary N) is 1. The third kappa shape index (κ3) is 2.95. The van der Waals surface area contributed by atoms with Gasteiger partial charge in [0.2, 0.25) is 0 Å². The van der Waals surface area contributed by atoms with Crippen LogP contribution in [0, 0.1) is 5.92 Å². The second-order valence-electron chi connectivity index (χ2n) is 4.08. The summed E-state index contributed by atoms with van der Waals surface area (Å²) in [5.74, 6) is 0.793. The first-order chi connectivity index (χ1) is 7.56. The number of hydrogen-bond acceptors (Lipinski definition) is 3. The summed E-state index contributed by atoms with van der Waals surface area (Å²) in [4.78, 5) is 15.8. The monoisotopic (exact) mass is 222 g/mol. The van der Waals surface area contributed by atoms with Crippen LogP contribution >= 0.6 is 0 Å². The third-order valence-corrected chi connectivity index (χ3v) is 2.60. The number of amides is 1. The molecule has 0 aromatic carbocycles. The number of carbonyl (C=O) groups is 1. The molecule has 0 saturated heterocycles. The lowest BCUT2D eigenvalue weighted by molar-refractivity contribution is 0.0927. The third-order valence-electron chi connectivity index (χ3n) is 2.60. The molecule has 1 N–H and O–H groups in total. The highest BCUT2D eigenvalue weighted by Gasteiger charge is 2.15. The molecule has 0 unspecified atom stereocenters. The molecule has 1 atom stereocenters. The highest BCUT2D eigenvalue weighted by Crippen LogP contribution is 2.16. The van der Waals surface area contributed by atoms with Crippen LogP contribution in [0.15, 0.2) is 18.5 Å². The Bertz CT molecular complexity index is 364. The van der Waals surface area contributed by atoms with E-state index in [0.29, 0.717) is 17.2 Å². The fraction of sp³-hybridized carbons (Fsp3) is 0.500. The van der Waals surface area contributed by atoms with Crippen molar-refractivity contribution in [3.05, 3.63) is 24.0 Å². The Hall–Kier alpha value is -1.58. The Balaban J connectivity index is 2.80. The van der Waals surface area contributed by atoms with Crippen LogP contribution < -0.4 is 10.1 Å². The Kier molecular flexibility index (Phi) is 4.28. The zero-order valence-corrected chi connectivity index (χ0v) is 10.2. The molecule has 1 aromatic heterocycles. The van der Waals surface area contributed by atoms with E-state index in [0.717, 1.165) is 0 Å². The van der Waals surface area contributed by atoms with Crippen LogP contribution in [-0.4, -0.2) is 24.0 Å². The Morgan fingerprint density at radius 3 is 2.69 bits per heavy atom. The maximum absolute atomic E-state index is 11.9. The van der Waals surface area contributed by atoms with E-state index < -0.39 is 0 Å². The molecule has 0 saturated carbocycles. The first-order valence-corrected chi connectivity index (χ1v) is 5.35. The number of pyridine rings is 1. The summed E-state index contributed by atoms with van der Waals surface area (Å²) in [6.45, 7) is 6.10. The Morgan fingerprint density at radius 2 is 2.12 bits per heavy atom. The van der Waals surface area contributed by atoms with Crippen molar-refractivity contribution in [2.45, 2.75) is 26.8 Å². The lowest BCUT2D eigenvalue weighted by atomic mass is 10.1. The largest absolute Gasteiger partial charge is 0.496 e. The number of methoxy groups -OCH3 is 1. The van der Waals surface area contributed by atoms with Gasteiger partial charge in [0.05, 0.1) is 12.7 Å². The summed E-state index contributed by atoms with van der Waals surface area (Å²) in [5.41, 5.74) is 0.470. The molecule has 4 nitrogen and oxygen atoms in total. The van der Waals surface area contributed by atoms with E-state index in [9.17, 15) is 4.79 Å². The van der Waals surface area contributed by atoms with Crippen LogP contribution in [0.25, 0.3) is 0 Å². The average Bonchev–Trinajstić information content (AvgIpc) is 2.28. The van der Waals surface area contributed by atoms with Crippen LogP contribution in [0.1, 0.15) is 31.1 Å². The van der Waals surface area contributed by atoms with Crippen LogP contribution in [0.2, 0.25) is 0 Å². The summed E-state index contributed by atoms with van der Waals surface area (Å²) in [5, 5.41) is 2.91. The number of nitrogens with zero attached hydrogens (tertiary/aromatic N) is 1. The molecule has 1 heterocycles. The van der Waals surface area contributed by atoms with Crippen molar-refractivity contribution in [3.63, 3.8) is 0 Å². The van der Waals surface area contributed by atoms with Crippen LogP contribution in [0.5, 0.6) is 5.75 Å². The fourth-order valence-electron chi connectivity index (χ4n) is 1.18. The lowest BCUT2D eigenvalue weighted by Crippen LogP contribution is -2.36. The molecule has 1 amide bonds. The zero-order valence-electron chi connectivity index (χ0n) is 10.2. The zero-order chi connectivity index (χ0) is 12.1. The molecule has 0 radical (unpaired) electrons.